The van der Waals surface area contributed by atoms with Gasteiger partial charge in [0.25, 0.3) is 0 Å². The van der Waals surface area contributed by atoms with E-state index < -0.39 is 0 Å². The Morgan fingerprint density at radius 2 is 1.78 bits per heavy atom. The molecule has 0 amide bonds. The Morgan fingerprint density at radius 1 is 1.22 bits per heavy atom. The topological polar surface area (TPSA) is 3.24 Å². The Bertz CT molecular complexity index is 356. The Labute approximate surface area is 119 Å². The van der Waals surface area contributed by atoms with Gasteiger partial charge in [-0.3, -0.25) is 0 Å². The van der Waals surface area contributed by atoms with E-state index >= 15 is 0 Å². The summed E-state index contributed by atoms with van der Waals surface area (Å²) in [5.74, 6) is 0.428. The van der Waals surface area contributed by atoms with Crippen LogP contribution in [0.5, 0.6) is 0 Å². The lowest BCUT2D eigenvalue weighted by atomic mass is 9.82. The van der Waals surface area contributed by atoms with Crippen molar-refractivity contribution < 1.29 is 4.39 Å². The summed E-state index contributed by atoms with van der Waals surface area (Å²) >= 11 is 3.60. The number of hydrogen-bond acceptors (Lipinski definition) is 1. The summed E-state index contributed by atoms with van der Waals surface area (Å²) in [6, 6.07) is 6.75. The van der Waals surface area contributed by atoms with Crippen LogP contribution in [0, 0.1) is 17.2 Å². The zero-order valence-corrected chi connectivity index (χ0v) is 13.3. The zero-order valence-electron chi connectivity index (χ0n) is 11.7. The molecule has 0 bridgehead atoms. The van der Waals surface area contributed by atoms with Crippen LogP contribution >= 0.6 is 15.9 Å². The molecule has 0 fully saturated rings. The summed E-state index contributed by atoms with van der Waals surface area (Å²) in [6.45, 7) is 8.70. The minimum absolute atomic E-state index is 0.172. The van der Waals surface area contributed by atoms with Crippen molar-refractivity contribution in [3.05, 3.63) is 35.6 Å². The Hall–Kier alpha value is -0.410. The number of halogens is 2. The first-order valence-corrected chi connectivity index (χ1v) is 7.44. The molecule has 1 aromatic carbocycles. The molecule has 0 N–H and O–H groups in total. The number of alkyl halides is 1. The third-order valence-electron chi connectivity index (χ3n) is 3.31. The highest BCUT2D eigenvalue weighted by Crippen LogP contribution is 2.28. The molecule has 0 aliphatic carbocycles. The molecule has 0 radical (unpaired) electrons. The molecule has 1 unspecified atom stereocenters. The minimum atomic E-state index is -0.172. The van der Waals surface area contributed by atoms with Gasteiger partial charge in [-0.1, -0.05) is 48.8 Å². The van der Waals surface area contributed by atoms with Gasteiger partial charge in [0.05, 0.1) is 0 Å². The first-order chi connectivity index (χ1) is 8.32. The number of hydrogen-bond donors (Lipinski definition) is 0. The third-order valence-corrected chi connectivity index (χ3v) is 4.09. The summed E-state index contributed by atoms with van der Waals surface area (Å²) in [5, 5.41) is 1.00. The summed E-state index contributed by atoms with van der Waals surface area (Å²) in [6.07, 6.45) is 0. The second-order valence-corrected chi connectivity index (χ2v) is 6.69. The van der Waals surface area contributed by atoms with Crippen LogP contribution in [0.3, 0.4) is 0 Å². The maximum atomic E-state index is 12.8. The van der Waals surface area contributed by atoms with Crippen molar-refractivity contribution in [2.45, 2.75) is 27.3 Å². The van der Waals surface area contributed by atoms with E-state index in [2.05, 4.69) is 48.6 Å². The molecule has 1 nitrogen and oxygen atoms in total. The van der Waals surface area contributed by atoms with Crippen molar-refractivity contribution in [3.63, 3.8) is 0 Å². The van der Waals surface area contributed by atoms with E-state index in [-0.39, 0.29) is 5.82 Å². The molecule has 0 saturated heterocycles. The van der Waals surface area contributed by atoms with Crippen LogP contribution in [0.15, 0.2) is 24.3 Å². The first kappa shape index (κ1) is 15.6. The van der Waals surface area contributed by atoms with Crippen LogP contribution in [0.4, 0.5) is 4.39 Å². The molecular formula is C15H23BrFN. The predicted octanol–water partition coefficient (Wildman–Crippen LogP) is 4.31. The zero-order chi connectivity index (χ0) is 13.8. The fourth-order valence-electron chi connectivity index (χ4n) is 1.90. The normalized spacial score (nSPS) is 13.9. The van der Waals surface area contributed by atoms with E-state index in [0.29, 0.717) is 11.3 Å². The lowest BCUT2D eigenvalue weighted by Gasteiger charge is -2.32. The summed E-state index contributed by atoms with van der Waals surface area (Å²) in [5.41, 5.74) is 1.45. The monoisotopic (exact) mass is 315 g/mol. The van der Waals surface area contributed by atoms with Crippen LogP contribution in [0.2, 0.25) is 0 Å². The smallest absolute Gasteiger partial charge is 0.123 e. The molecule has 1 rings (SSSR count). The van der Waals surface area contributed by atoms with E-state index in [1.807, 2.05) is 12.1 Å². The molecular weight excluding hydrogens is 293 g/mol. The molecule has 0 aliphatic rings. The van der Waals surface area contributed by atoms with Gasteiger partial charge in [-0.05, 0) is 36.1 Å². The molecule has 0 heterocycles. The molecule has 0 spiro atoms. The number of rotatable bonds is 5. The minimum Gasteiger partial charge on any atom is -0.302 e. The molecule has 0 aliphatic heterocycles. The molecule has 1 atom stereocenters. The molecule has 3 heteroatoms. The Balaban J connectivity index is 2.55. The van der Waals surface area contributed by atoms with E-state index in [9.17, 15) is 4.39 Å². The van der Waals surface area contributed by atoms with Gasteiger partial charge in [-0.15, -0.1) is 0 Å². The second kappa shape index (κ2) is 6.67. The van der Waals surface area contributed by atoms with Crippen LogP contribution < -0.4 is 0 Å². The van der Waals surface area contributed by atoms with Gasteiger partial charge >= 0.3 is 0 Å². The van der Waals surface area contributed by atoms with Gasteiger partial charge in [0.15, 0.2) is 0 Å². The molecule has 18 heavy (non-hydrogen) atoms. The molecule has 1 aromatic rings. The fraction of sp³-hybridized carbons (Fsp3) is 0.600. The van der Waals surface area contributed by atoms with Crippen molar-refractivity contribution in [1.82, 2.24) is 4.90 Å². The van der Waals surface area contributed by atoms with Crippen LogP contribution in [-0.4, -0.2) is 23.8 Å². The van der Waals surface area contributed by atoms with Gasteiger partial charge in [0, 0.05) is 18.4 Å². The quantitative estimate of drug-likeness (QED) is 0.732. The van der Waals surface area contributed by atoms with Crippen LogP contribution in [0.25, 0.3) is 0 Å². The lowest BCUT2D eigenvalue weighted by Crippen LogP contribution is -2.34. The van der Waals surface area contributed by atoms with Gasteiger partial charge in [0.1, 0.15) is 5.82 Å². The molecule has 0 aromatic heterocycles. The van der Waals surface area contributed by atoms with Crippen molar-refractivity contribution in [2.24, 2.45) is 11.3 Å². The third kappa shape index (κ3) is 5.07. The van der Waals surface area contributed by atoms with Crippen LogP contribution in [0.1, 0.15) is 26.3 Å². The summed E-state index contributed by atoms with van der Waals surface area (Å²) in [7, 11) is 2.12. The Morgan fingerprint density at radius 3 is 2.22 bits per heavy atom. The van der Waals surface area contributed by atoms with E-state index in [1.165, 1.54) is 12.1 Å². The standard InChI is InChI=1S/C15H23BrFN/c1-15(2,3)13(9-16)11-18(4)10-12-5-7-14(17)8-6-12/h5-8,13H,9-11H2,1-4H3. The maximum absolute atomic E-state index is 12.8. The van der Waals surface area contributed by atoms with Crippen molar-refractivity contribution in [2.75, 3.05) is 18.9 Å². The fourth-order valence-corrected chi connectivity index (χ4v) is 3.07. The van der Waals surface area contributed by atoms with Crippen molar-refractivity contribution >= 4 is 15.9 Å². The number of nitrogens with zero attached hydrogens (tertiary/aromatic N) is 1. The van der Waals surface area contributed by atoms with E-state index in [0.717, 1.165) is 24.0 Å². The highest BCUT2D eigenvalue weighted by atomic mass is 79.9. The molecule has 0 saturated carbocycles. The second-order valence-electron chi connectivity index (χ2n) is 6.04. The highest BCUT2D eigenvalue weighted by Gasteiger charge is 2.24. The van der Waals surface area contributed by atoms with Gasteiger partial charge in [0.2, 0.25) is 0 Å². The van der Waals surface area contributed by atoms with E-state index in [4.69, 9.17) is 0 Å². The number of benzene rings is 1. The highest BCUT2D eigenvalue weighted by molar-refractivity contribution is 9.09. The average molecular weight is 316 g/mol. The predicted molar refractivity (Wildman–Crippen MR) is 79.5 cm³/mol. The van der Waals surface area contributed by atoms with Gasteiger partial charge in [-0.2, -0.15) is 0 Å². The summed E-state index contributed by atoms with van der Waals surface area (Å²) in [4.78, 5) is 2.30. The Kier molecular flexibility index (Phi) is 5.80. The average Bonchev–Trinajstić information content (AvgIpc) is 2.27. The first-order valence-electron chi connectivity index (χ1n) is 6.32. The summed E-state index contributed by atoms with van der Waals surface area (Å²) < 4.78 is 12.8. The van der Waals surface area contributed by atoms with Crippen LogP contribution in [-0.2, 0) is 6.54 Å². The van der Waals surface area contributed by atoms with Crippen molar-refractivity contribution in [3.8, 4) is 0 Å². The SMILES string of the molecule is CN(Cc1ccc(F)cc1)CC(CBr)C(C)(C)C. The maximum Gasteiger partial charge on any atom is 0.123 e. The van der Waals surface area contributed by atoms with E-state index in [1.54, 1.807) is 0 Å². The largest absolute Gasteiger partial charge is 0.302 e. The van der Waals surface area contributed by atoms with Crippen molar-refractivity contribution in [1.29, 1.82) is 0 Å². The lowest BCUT2D eigenvalue weighted by molar-refractivity contribution is 0.183. The van der Waals surface area contributed by atoms with Gasteiger partial charge in [-0.25, -0.2) is 4.39 Å². The van der Waals surface area contributed by atoms with Gasteiger partial charge < -0.3 is 4.90 Å². The molecule has 102 valence electrons.